The molecule has 0 saturated carbocycles. The first-order chi connectivity index (χ1) is 11.1. The molecule has 24 heavy (non-hydrogen) atoms. The lowest BCUT2D eigenvalue weighted by Gasteiger charge is -2.20. The zero-order valence-electron chi connectivity index (χ0n) is 14.1. The summed E-state index contributed by atoms with van der Waals surface area (Å²) in [4.78, 5) is 45.4. The minimum atomic E-state index is -1.14. The molecule has 0 aliphatic rings. The molecule has 9 heteroatoms. The number of hydrogen-bond donors (Lipinski definition) is 4. The van der Waals surface area contributed by atoms with Crippen molar-refractivity contribution < 1.29 is 29.0 Å². The molecule has 6 N–H and O–H groups in total. The van der Waals surface area contributed by atoms with Gasteiger partial charge in [0.15, 0.2) is 5.78 Å². The Balaban J connectivity index is 4.59. The Morgan fingerprint density at radius 2 is 1.79 bits per heavy atom. The van der Waals surface area contributed by atoms with E-state index in [1.807, 2.05) is 13.8 Å². The van der Waals surface area contributed by atoms with Gasteiger partial charge < -0.3 is 26.6 Å². The summed E-state index contributed by atoms with van der Waals surface area (Å²) in [5.74, 6) is -2.35. The Morgan fingerprint density at radius 3 is 2.29 bits per heavy atom. The van der Waals surface area contributed by atoms with Crippen molar-refractivity contribution in [2.45, 2.75) is 51.6 Å². The van der Waals surface area contributed by atoms with Crippen LogP contribution in [0.3, 0.4) is 0 Å². The zero-order valence-corrected chi connectivity index (χ0v) is 14.1. The van der Waals surface area contributed by atoms with Gasteiger partial charge in [-0.3, -0.25) is 14.4 Å². The standard InChI is InChI=1S/C15H27N3O6/c1-9(2)7-10(16)15(23)18-11(3-4-13(17)20)12(19)5-6-24-8-14(21)22/h9-11H,3-8,16H2,1-2H3,(H2,17,20)(H,18,23)(H,21,22)/t10-,11-/m0/s1. The molecule has 0 aliphatic heterocycles. The van der Waals surface area contributed by atoms with Crippen molar-refractivity contribution in [3.05, 3.63) is 0 Å². The molecule has 0 rings (SSSR count). The van der Waals surface area contributed by atoms with Crippen molar-refractivity contribution >= 4 is 23.6 Å². The van der Waals surface area contributed by atoms with Gasteiger partial charge in [-0.25, -0.2) is 4.79 Å². The summed E-state index contributed by atoms with van der Waals surface area (Å²) in [5.41, 5.74) is 10.8. The van der Waals surface area contributed by atoms with Gasteiger partial charge in [0.25, 0.3) is 0 Å². The van der Waals surface area contributed by atoms with Crippen LogP contribution in [-0.2, 0) is 23.9 Å². The minimum absolute atomic E-state index is 0.0627. The highest BCUT2D eigenvalue weighted by molar-refractivity contribution is 5.91. The first kappa shape index (κ1) is 22.0. The fourth-order valence-corrected chi connectivity index (χ4v) is 2.00. The number of aliphatic carboxylic acids is 1. The summed E-state index contributed by atoms with van der Waals surface area (Å²) in [7, 11) is 0. The Kier molecular flexibility index (Phi) is 10.6. The van der Waals surface area contributed by atoms with Gasteiger partial charge in [0.05, 0.1) is 18.7 Å². The van der Waals surface area contributed by atoms with Crippen molar-refractivity contribution in [1.82, 2.24) is 5.32 Å². The Morgan fingerprint density at radius 1 is 1.17 bits per heavy atom. The van der Waals surface area contributed by atoms with Gasteiger partial charge in [0.2, 0.25) is 11.8 Å². The van der Waals surface area contributed by atoms with Crippen LogP contribution in [0.5, 0.6) is 0 Å². The maximum Gasteiger partial charge on any atom is 0.329 e. The van der Waals surface area contributed by atoms with E-state index in [2.05, 4.69) is 5.32 Å². The molecule has 0 heterocycles. The van der Waals surface area contributed by atoms with E-state index < -0.39 is 36.5 Å². The predicted octanol–water partition coefficient (Wildman–Crippen LogP) is -0.829. The van der Waals surface area contributed by atoms with Crippen molar-refractivity contribution in [3.63, 3.8) is 0 Å². The Bertz CT molecular complexity index is 452. The third-order valence-electron chi connectivity index (χ3n) is 3.17. The number of ketones is 1. The van der Waals surface area contributed by atoms with E-state index >= 15 is 0 Å². The second kappa shape index (κ2) is 11.5. The molecule has 2 amide bonds. The van der Waals surface area contributed by atoms with Crippen LogP contribution in [0, 0.1) is 5.92 Å². The molecule has 0 fully saturated rings. The monoisotopic (exact) mass is 345 g/mol. The van der Waals surface area contributed by atoms with Crippen LogP contribution in [-0.4, -0.2) is 54.0 Å². The maximum atomic E-state index is 12.1. The minimum Gasteiger partial charge on any atom is -0.480 e. The quantitative estimate of drug-likeness (QED) is 0.317. The number of carbonyl (C=O) groups excluding carboxylic acids is 3. The molecule has 0 saturated heterocycles. The van der Waals surface area contributed by atoms with Gasteiger partial charge in [0, 0.05) is 12.8 Å². The summed E-state index contributed by atoms with van der Waals surface area (Å²) >= 11 is 0. The van der Waals surface area contributed by atoms with E-state index in [1.54, 1.807) is 0 Å². The van der Waals surface area contributed by atoms with Gasteiger partial charge >= 0.3 is 5.97 Å². The van der Waals surface area contributed by atoms with E-state index in [-0.39, 0.29) is 37.6 Å². The van der Waals surface area contributed by atoms with Gasteiger partial charge in [0.1, 0.15) is 6.61 Å². The van der Waals surface area contributed by atoms with Crippen molar-refractivity contribution in [2.24, 2.45) is 17.4 Å². The van der Waals surface area contributed by atoms with E-state index in [0.717, 1.165) is 0 Å². The second-order valence-electron chi connectivity index (χ2n) is 5.96. The summed E-state index contributed by atoms with van der Waals surface area (Å²) in [6.45, 7) is 3.24. The number of carboxylic acid groups (broad SMARTS) is 1. The lowest BCUT2D eigenvalue weighted by atomic mass is 10.0. The van der Waals surface area contributed by atoms with Crippen LogP contribution in [0.2, 0.25) is 0 Å². The zero-order chi connectivity index (χ0) is 18.7. The average molecular weight is 345 g/mol. The highest BCUT2D eigenvalue weighted by atomic mass is 16.5. The number of primary amides is 1. The van der Waals surface area contributed by atoms with Crippen LogP contribution in [0.1, 0.15) is 39.5 Å². The lowest BCUT2D eigenvalue weighted by Crippen LogP contribution is -2.49. The molecular weight excluding hydrogens is 318 g/mol. The normalized spacial score (nSPS) is 13.3. The third-order valence-corrected chi connectivity index (χ3v) is 3.17. The topological polar surface area (TPSA) is 162 Å². The first-order valence-corrected chi connectivity index (χ1v) is 7.80. The van der Waals surface area contributed by atoms with Crippen molar-refractivity contribution in [1.29, 1.82) is 0 Å². The van der Waals surface area contributed by atoms with Gasteiger partial charge in [-0.05, 0) is 18.8 Å². The number of carboxylic acids is 1. The van der Waals surface area contributed by atoms with Crippen LogP contribution in [0.25, 0.3) is 0 Å². The number of ether oxygens (including phenoxy) is 1. The summed E-state index contributed by atoms with van der Waals surface area (Å²) in [6.07, 6.45) is 0.375. The smallest absolute Gasteiger partial charge is 0.329 e. The SMILES string of the molecule is CC(C)C[C@H](N)C(=O)N[C@@H](CCC(N)=O)C(=O)CCOCC(=O)O. The molecule has 0 bridgehead atoms. The summed E-state index contributed by atoms with van der Waals surface area (Å²) < 4.78 is 4.80. The highest BCUT2D eigenvalue weighted by Gasteiger charge is 2.24. The molecule has 2 atom stereocenters. The van der Waals surface area contributed by atoms with Gasteiger partial charge in [-0.2, -0.15) is 0 Å². The lowest BCUT2D eigenvalue weighted by molar-refractivity contribution is -0.143. The van der Waals surface area contributed by atoms with E-state index in [4.69, 9.17) is 21.3 Å². The van der Waals surface area contributed by atoms with Gasteiger partial charge in [-0.15, -0.1) is 0 Å². The maximum absolute atomic E-state index is 12.1. The van der Waals surface area contributed by atoms with Crippen LogP contribution < -0.4 is 16.8 Å². The van der Waals surface area contributed by atoms with Crippen molar-refractivity contribution in [2.75, 3.05) is 13.2 Å². The fourth-order valence-electron chi connectivity index (χ4n) is 2.00. The van der Waals surface area contributed by atoms with E-state index in [0.29, 0.717) is 6.42 Å². The second-order valence-corrected chi connectivity index (χ2v) is 5.96. The van der Waals surface area contributed by atoms with Crippen LogP contribution in [0.4, 0.5) is 0 Å². The Hall–Kier alpha value is -2.00. The number of rotatable bonds is 13. The van der Waals surface area contributed by atoms with Crippen LogP contribution in [0.15, 0.2) is 0 Å². The third kappa shape index (κ3) is 10.7. The first-order valence-electron chi connectivity index (χ1n) is 7.80. The largest absolute Gasteiger partial charge is 0.480 e. The number of nitrogens with one attached hydrogen (secondary N) is 1. The van der Waals surface area contributed by atoms with Crippen LogP contribution >= 0.6 is 0 Å². The molecule has 0 aromatic carbocycles. The van der Waals surface area contributed by atoms with E-state index in [1.165, 1.54) is 0 Å². The number of nitrogens with two attached hydrogens (primary N) is 2. The number of amides is 2. The Labute approximate surface area is 141 Å². The van der Waals surface area contributed by atoms with Gasteiger partial charge in [-0.1, -0.05) is 13.8 Å². The molecular formula is C15H27N3O6. The number of hydrogen-bond acceptors (Lipinski definition) is 6. The molecule has 0 aromatic heterocycles. The van der Waals surface area contributed by atoms with E-state index in [9.17, 15) is 19.2 Å². The highest BCUT2D eigenvalue weighted by Crippen LogP contribution is 2.06. The average Bonchev–Trinajstić information content (AvgIpc) is 2.46. The molecule has 0 aliphatic carbocycles. The fraction of sp³-hybridized carbons (Fsp3) is 0.733. The molecule has 138 valence electrons. The molecule has 0 aromatic rings. The predicted molar refractivity (Wildman–Crippen MR) is 85.9 cm³/mol. The number of carbonyl (C=O) groups is 4. The molecule has 0 radical (unpaired) electrons. The van der Waals surface area contributed by atoms with Crippen molar-refractivity contribution in [3.8, 4) is 0 Å². The molecule has 0 unspecified atom stereocenters. The molecule has 9 nitrogen and oxygen atoms in total. The number of Topliss-reactive ketones (excluding diaryl/α,β-unsaturated/α-hetero) is 1. The molecule has 0 spiro atoms. The summed E-state index contributed by atoms with van der Waals surface area (Å²) in [5, 5.41) is 11.0. The summed E-state index contributed by atoms with van der Waals surface area (Å²) in [6, 6.07) is -1.66.